The molecule has 0 amide bonds. The molecule has 1 unspecified atom stereocenters. The summed E-state index contributed by atoms with van der Waals surface area (Å²) in [7, 11) is 2.05. The minimum atomic E-state index is 0.136. The van der Waals surface area contributed by atoms with Crippen molar-refractivity contribution in [2.45, 2.75) is 44.6 Å². The van der Waals surface area contributed by atoms with Gasteiger partial charge >= 0.3 is 0 Å². The third-order valence-corrected chi connectivity index (χ3v) is 3.66. The number of aliphatic hydroxyl groups is 2. The highest BCUT2D eigenvalue weighted by Gasteiger charge is 2.18. The summed E-state index contributed by atoms with van der Waals surface area (Å²) < 4.78 is 0. The Hall–Kier alpha value is -0.120. The van der Waals surface area contributed by atoms with E-state index in [0.717, 1.165) is 12.5 Å². The number of hydrogen-bond donors (Lipinski definition) is 2. The van der Waals surface area contributed by atoms with Gasteiger partial charge in [-0.25, -0.2) is 0 Å². The van der Waals surface area contributed by atoms with Crippen LogP contribution >= 0.6 is 0 Å². The van der Waals surface area contributed by atoms with Gasteiger partial charge < -0.3 is 15.1 Å². The largest absolute Gasteiger partial charge is 0.396 e. The molecule has 2 N–H and O–H groups in total. The van der Waals surface area contributed by atoms with Crippen LogP contribution < -0.4 is 0 Å². The van der Waals surface area contributed by atoms with Gasteiger partial charge in [0.15, 0.2) is 0 Å². The molecule has 0 spiro atoms. The van der Waals surface area contributed by atoms with E-state index in [9.17, 15) is 0 Å². The van der Waals surface area contributed by atoms with Gasteiger partial charge in [0.1, 0.15) is 0 Å². The Bertz CT molecular complexity index is 158. The SMILES string of the molecule is CN(CCC1CCCC1)C(CO)CCO. The summed E-state index contributed by atoms with van der Waals surface area (Å²) in [5, 5.41) is 18.0. The van der Waals surface area contributed by atoms with Gasteiger partial charge in [-0.15, -0.1) is 0 Å². The number of likely N-dealkylation sites (N-methyl/N-ethyl adjacent to an activating group) is 1. The Morgan fingerprint density at radius 1 is 1.27 bits per heavy atom. The lowest BCUT2D eigenvalue weighted by Gasteiger charge is -2.26. The normalized spacial score (nSPS) is 20.0. The second kappa shape index (κ2) is 7.20. The molecule has 90 valence electrons. The quantitative estimate of drug-likeness (QED) is 0.671. The molecule has 1 atom stereocenters. The molecule has 15 heavy (non-hydrogen) atoms. The summed E-state index contributed by atoms with van der Waals surface area (Å²) in [6.45, 7) is 1.37. The second-order valence-corrected chi connectivity index (χ2v) is 4.77. The Morgan fingerprint density at radius 3 is 2.47 bits per heavy atom. The fraction of sp³-hybridized carbons (Fsp3) is 1.00. The fourth-order valence-electron chi connectivity index (χ4n) is 2.47. The maximum Gasteiger partial charge on any atom is 0.0587 e. The van der Waals surface area contributed by atoms with Crippen LogP contribution in [0.15, 0.2) is 0 Å². The third-order valence-electron chi connectivity index (χ3n) is 3.66. The molecule has 0 aromatic heterocycles. The van der Waals surface area contributed by atoms with Crippen LogP contribution in [0.3, 0.4) is 0 Å². The van der Waals surface area contributed by atoms with E-state index in [0.29, 0.717) is 6.42 Å². The van der Waals surface area contributed by atoms with Gasteiger partial charge in [0.05, 0.1) is 6.61 Å². The summed E-state index contributed by atoms with van der Waals surface area (Å²) >= 11 is 0. The fourth-order valence-corrected chi connectivity index (χ4v) is 2.47. The summed E-state index contributed by atoms with van der Waals surface area (Å²) in [5.41, 5.74) is 0. The number of nitrogens with zero attached hydrogens (tertiary/aromatic N) is 1. The molecule has 3 nitrogen and oxygen atoms in total. The summed E-state index contributed by atoms with van der Waals surface area (Å²) in [6.07, 6.45) is 7.49. The minimum Gasteiger partial charge on any atom is -0.396 e. The predicted octanol–water partition coefficient (Wildman–Crippen LogP) is 1.24. The van der Waals surface area contributed by atoms with Gasteiger partial charge in [-0.3, -0.25) is 0 Å². The Labute approximate surface area is 93.1 Å². The Kier molecular flexibility index (Phi) is 6.22. The van der Waals surface area contributed by atoms with Crippen molar-refractivity contribution < 1.29 is 10.2 Å². The highest BCUT2D eigenvalue weighted by molar-refractivity contribution is 4.72. The van der Waals surface area contributed by atoms with Crippen molar-refractivity contribution >= 4 is 0 Å². The molecule has 0 bridgehead atoms. The average molecular weight is 215 g/mol. The van der Waals surface area contributed by atoms with Crippen LogP contribution in [0.2, 0.25) is 0 Å². The van der Waals surface area contributed by atoms with E-state index in [1.165, 1.54) is 32.1 Å². The lowest BCUT2D eigenvalue weighted by atomic mass is 10.0. The molecule has 0 heterocycles. The first-order valence-corrected chi connectivity index (χ1v) is 6.20. The number of hydrogen-bond acceptors (Lipinski definition) is 3. The predicted molar refractivity (Wildman–Crippen MR) is 61.8 cm³/mol. The minimum absolute atomic E-state index is 0.136. The molecule has 1 rings (SSSR count). The summed E-state index contributed by atoms with van der Waals surface area (Å²) in [6, 6.07) is 0.136. The molecular formula is C12H25NO2. The highest BCUT2D eigenvalue weighted by Crippen LogP contribution is 2.27. The first kappa shape index (κ1) is 12.9. The first-order chi connectivity index (χ1) is 7.27. The molecule has 0 saturated heterocycles. The van der Waals surface area contributed by atoms with Crippen LogP contribution in [0.4, 0.5) is 0 Å². The molecular weight excluding hydrogens is 190 g/mol. The maximum atomic E-state index is 9.17. The van der Waals surface area contributed by atoms with Gasteiger partial charge in [0.25, 0.3) is 0 Å². The Balaban J connectivity index is 2.17. The zero-order valence-corrected chi connectivity index (χ0v) is 9.86. The van der Waals surface area contributed by atoms with E-state index >= 15 is 0 Å². The van der Waals surface area contributed by atoms with Crippen LogP contribution in [0.1, 0.15) is 38.5 Å². The molecule has 1 fully saturated rings. The van der Waals surface area contributed by atoms with Crippen LogP contribution in [-0.2, 0) is 0 Å². The van der Waals surface area contributed by atoms with Crippen molar-refractivity contribution in [3.63, 3.8) is 0 Å². The van der Waals surface area contributed by atoms with Gasteiger partial charge in [-0.2, -0.15) is 0 Å². The average Bonchev–Trinajstić information content (AvgIpc) is 2.75. The van der Waals surface area contributed by atoms with Crippen LogP contribution in [0, 0.1) is 5.92 Å². The highest BCUT2D eigenvalue weighted by atomic mass is 16.3. The maximum absolute atomic E-state index is 9.17. The van der Waals surface area contributed by atoms with Crippen molar-refractivity contribution in [2.75, 3.05) is 26.8 Å². The van der Waals surface area contributed by atoms with Gasteiger partial charge in [0, 0.05) is 12.6 Å². The van der Waals surface area contributed by atoms with Crippen molar-refractivity contribution in [2.24, 2.45) is 5.92 Å². The van der Waals surface area contributed by atoms with E-state index in [1.54, 1.807) is 0 Å². The van der Waals surface area contributed by atoms with Crippen molar-refractivity contribution in [3.8, 4) is 0 Å². The lowest BCUT2D eigenvalue weighted by molar-refractivity contribution is 0.115. The molecule has 3 heteroatoms. The van der Waals surface area contributed by atoms with Gasteiger partial charge in [-0.05, 0) is 32.4 Å². The molecule has 0 aliphatic heterocycles. The monoisotopic (exact) mass is 215 g/mol. The second-order valence-electron chi connectivity index (χ2n) is 4.77. The zero-order chi connectivity index (χ0) is 11.1. The van der Waals surface area contributed by atoms with Crippen molar-refractivity contribution in [1.82, 2.24) is 4.90 Å². The smallest absolute Gasteiger partial charge is 0.0587 e. The van der Waals surface area contributed by atoms with Crippen LogP contribution in [0.5, 0.6) is 0 Å². The molecule has 1 aliphatic rings. The zero-order valence-electron chi connectivity index (χ0n) is 9.86. The van der Waals surface area contributed by atoms with Gasteiger partial charge in [-0.1, -0.05) is 25.7 Å². The third kappa shape index (κ3) is 4.49. The first-order valence-electron chi connectivity index (χ1n) is 6.20. The topological polar surface area (TPSA) is 43.7 Å². The lowest BCUT2D eigenvalue weighted by Crippen LogP contribution is -2.36. The summed E-state index contributed by atoms with van der Waals surface area (Å²) in [4.78, 5) is 2.19. The molecule has 0 aromatic carbocycles. The van der Waals surface area contributed by atoms with Gasteiger partial charge in [0.2, 0.25) is 0 Å². The van der Waals surface area contributed by atoms with E-state index in [4.69, 9.17) is 10.2 Å². The van der Waals surface area contributed by atoms with Crippen molar-refractivity contribution in [3.05, 3.63) is 0 Å². The number of rotatable bonds is 7. The van der Waals surface area contributed by atoms with E-state index in [1.807, 2.05) is 7.05 Å². The summed E-state index contributed by atoms with van der Waals surface area (Å²) in [5.74, 6) is 0.904. The standard InChI is InChI=1S/C12H25NO2/c1-13(12(10-15)7-9-14)8-6-11-4-2-3-5-11/h11-12,14-15H,2-10H2,1H3. The van der Waals surface area contributed by atoms with E-state index in [-0.39, 0.29) is 19.3 Å². The van der Waals surface area contributed by atoms with E-state index in [2.05, 4.69) is 4.90 Å². The molecule has 1 saturated carbocycles. The van der Waals surface area contributed by atoms with Crippen LogP contribution in [0.25, 0.3) is 0 Å². The van der Waals surface area contributed by atoms with Crippen LogP contribution in [-0.4, -0.2) is 48.0 Å². The molecule has 0 radical (unpaired) electrons. The number of aliphatic hydroxyl groups excluding tert-OH is 2. The molecule has 1 aliphatic carbocycles. The van der Waals surface area contributed by atoms with Crippen molar-refractivity contribution in [1.29, 1.82) is 0 Å². The van der Waals surface area contributed by atoms with E-state index < -0.39 is 0 Å². The Morgan fingerprint density at radius 2 is 1.93 bits per heavy atom. The molecule has 0 aromatic rings.